The number of alkyl halides is 1. The van der Waals surface area contributed by atoms with Crippen LogP contribution in [0.3, 0.4) is 0 Å². The maximum Gasteiger partial charge on any atom is 0.160 e. The first-order valence-corrected chi connectivity index (χ1v) is 7.23. The zero-order valence-corrected chi connectivity index (χ0v) is 13.4. The van der Waals surface area contributed by atoms with Crippen LogP contribution in [-0.4, -0.2) is 7.11 Å². The van der Waals surface area contributed by atoms with Gasteiger partial charge in [0.1, 0.15) is 5.75 Å². The second-order valence-corrected chi connectivity index (χ2v) is 5.80. The van der Waals surface area contributed by atoms with Crippen molar-refractivity contribution in [3.8, 4) is 5.75 Å². The van der Waals surface area contributed by atoms with E-state index >= 15 is 0 Å². The minimum Gasteiger partial charge on any atom is -0.496 e. The van der Waals surface area contributed by atoms with Crippen LogP contribution in [-0.2, 0) is 0 Å². The third-order valence-corrected chi connectivity index (χ3v) is 4.33. The highest BCUT2D eigenvalue weighted by Gasteiger charge is 2.20. The Balaban J connectivity index is 2.51. The second-order valence-electron chi connectivity index (χ2n) is 4.04. The normalized spacial score (nSPS) is 12.3. The van der Waals surface area contributed by atoms with Crippen LogP contribution in [0.15, 0.2) is 30.3 Å². The first-order valence-electron chi connectivity index (χ1n) is 5.56. The van der Waals surface area contributed by atoms with Crippen LogP contribution in [0.5, 0.6) is 5.75 Å². The van der Waals surface area contributed by atoms with Crippen LogP contribution in [0.25, 0.3) is 0 Å². The molecule has 2 rings (SSSR count). The number of hydrogen-bond acceptors (Lipinski definition) is 1. The maximum atomic E-state index is 13.4. The Labute approximate surface area is 133 Å². The molecule has 6 heteroatoms. The molecule has 0 spiro atoms. The van der Waals surface area contributed by atoms with Crippen molar-refractivity contribution in [3.05, 3.63) is 63.1 Å². The van der Waals surface area contributed by atoms with Gasteiger partial charge in [0.2, 0.25) is 0 Å². The highest BCUT2D eigenvalue weighted by Crippen LogP contribution is 2.41. The number of methoxy groups -OCH3 is 1. The average molecular weight is 382 g/mol. The van der Waals surface area contributed by atoms with Gasteiger partial charge in [0.15, 0.2) is 11.6 Å². The van der Waals surface area contributed by atoms with Gasteiger partial charge >= 0.3 is 0 Å². The van der Waals surface area contributed by atoms with Crippen molar-refractivity contribution in [1.82, 2.24) is 0 Å². The van der Waals surface area contributed by atoms with Crippen molar-refractivity contribution < 1.29 is 13.5 Å². The minimum absolute atomic E-state index is 0.128. The van der Waals surface area contributed by atoms with Crippen molar-refractivity contribution in [3.63, 3.8) is 0 Å². The molecule has 1 nitrogen and oxygen atoms in total. The van der Waals surface area contributed by atoms with Crippen LogP contribution < -0.4 is 4.74 Å². The Morgan fingerprint density at radius 3 is 2.35 bits per heavy atom. The van der Waals surface area contributed by atoms with Crippen molar-refractivity contribution in [2.45, 2.75) is 4.83 Å². The highest BCUT2D eigenvalue weighted by atomic mass is 79.9. The zero-order chi connectivity index (χ0) is 14.9. The van der Waals surface area contributed by atoms with Crippen LogP contribution in [0.1, 0.15) is 16.0 Å². The highest BCUT2D eigenvalue weighted by molar-refractivity contribution is 9.09. The SMILES string of the molecule is COc1cc(Cl)ccc1C(Br)c1cc(F)c(F)cc1Cl. The van der Waals surface area contributed by atoms with Gasteiger partial charge in [0.25, 0.3) is 0 Å². The Kier molecular flexibility index (Phi) is 4.89. The van der Waals surface area contributed by atoms with Crippen molar-refractivity contribution in [2.75, 3.05) is 7.11 Å². The van der Waals surface area contributed by atoms with Gasteiger partial charge in [0, 0.05) is 15.6 Å². The summed E-state index contributed by atoms with van der Waals surface area (Å²) in [5, 5.41) is 0.643. The number of benzene rings is 2. The monoisotopic (exact) mass is 380 g/mol. The third kappa shape index (κ3) is 3.08. The topological polar surface area (TPSA) is 9.23 Å². The second kappa shape index (κ2) is 6.29. The van der Waals surface area contributed by atoms with E-state index in [4.69, 9.17) is 27.9 Å². The number of halogens is 5. The summed E-state index contributed by atoms with van der Waals surface area (Å²) in [5.41, 5.74) is 1.12. The summed E-state index contributed by atoms with van der Waals surface area (Å²) in [6.45, 7) is 0. The molecule has 20 heavy (non-hydrogen) atoms. The molecule has 0 saturated carbocycles. The molecule has 2 aromatic rings. The number of hydrogen-bond donors (Lipinski definition) is 0. The lowest BCUT2D eigenvalue weighted by Gasteiger charge is -2.16. The lowest BCUT2D eigenvalue weighted by atomic mass is 10.0. The standard InChI is InChI=1S/C14H9BrCl2F2O/c1-20-13-4-7(16)2-3-8(13)14(15)9-5-11(18)12(19)6-10(9)17/h2-6,14H,1H3. The summed E-state index contributed by atoms with van der Waals surface area (Å²) >= 11 is 15.3. The molecule has 0 N–H and O–H groups in total. The molecule has 0 aromatic heterocycles. The van der Waals surface area contributed by atoms with Gasteiger partial charge in [-0.2, -0.15) is 0 Å². The van der Waals surface area contributed by atoms with E-state index in [9.17, 15) is 8.78 Å². The summed E-state index contributed by atoms with van der Waals surface area (Å²) in [6.07, 6.45) is 0. The van der Waals surface area contributed by atoms with E-state index < -0.39 is 16.5 Å². The predicted molar refractivity (Wildman–Crippen MR) is 80.1 cm³/mol. The first-order chi connectivity index (χ1) is 9.43. The largest absolute Gasteiger partial charge is 0.496 e. The Bertz CT molecular complexity index is 649. The van der Waals surface area contributed by atoms with Crippen molar-refractivity contribution >= 4 is 39.1 Å². The van der Waals surface area contributed by atoms with Gasteiger partial charge in [-0.15, -0.1) is 0 Å². The quantitative estimate of drug-likeness (QED) is 0.484. The molecule has 0 aliphatic carbocycles. The minimum atomic E-state index is -0.985. The molecule has 0 fully saturated rings. The van der Waals surface area contributed by atoms with Gasteiger partial charge in [-0.1, -0.05) is 45.2 Å². The van der Waals surface area contributed by atoms with Crippen LogP contribution in [0.2, 0.25) is 10.0 Å². The fourth-order valence-electron chi connectivity index (χ4n) is 1.79. The van der Waals surface area contributed by atoms with E-state index in [0.29, 0.717) is 21.9 Å². The zero-order valence-electron chi connectivity index (χ0n) is 10.3. The molecule has 106 valence electrons. The van der Waals surface area contributed by atoms with Crippen LogP contribution in [0, 0.1) is 11.6 Å². The Morgan fingerprint density at radius 2 is 1.70 bits per heavy atom. The number of rotatable bonds is 3. The van der Waals surface area contributed by atoms with E-state index in [0.717, 1.165) is 12.1 Å². The van der Waals surface area contributed by atoms with E-state index in [-0.39, 0.29) is 5.02 Å². The van der Waals surface area contributed by atoms with E-state index in [1.165, 1.54) is 7.11 Å². The molecule has 1 atom stereocenters. The van der Waals surface area contributed by atoms with Crippen molar-refractivity contribution in [1.29, 1.82) is 0 Å². The van der Waals surface area contributed by atoms with E-state index in [1.54, 1.807) is 18.2 Å². The Morgan fingerprint density at radius 1 is 1.05 bits per heavy atom. The summed E-state index contributed by atoms with van der Waals surface area (Å²) in [6, 6.07) is 7.06. The molecule has 1 unspecified atom stereocenters. The fraction of sp³-hybridized carbons (Fsp3) is 0.143. The number of ether oxygens (including phenoxy) is 1. The van der Waals surface area contributed by atoms with Gasteiger partial charge in [0.05, 0.1) is 11.9 Å². The summed E-state index contributed by atoms with van der Waals surface area (Å²) in [4.78, 5) is -0.447. The van der Waals surface area contributed by atoms with E-state index in [2.05, 4.69) is 15.9 Å². The van der Waals surface area contributed by atoms with Gasteiger partial charge < -0.3 is 4.74 Å². The van der Waals surface area contributed by atoms with Crippen molar-refractivity contribution in [2.24, 2.45) is 0 Å². The summed E-state index contributed by atoms with van der Waals surface area (Å²) in [5.74, 6) is -1.41. The van der Waals surface area contributed by atoms with Gasteiger partial charge in [-0.05, 0) is 29.8 Å². The molecule has 0 bridgehead atoms. The molecule has 0 aliphatic heterocycles. The van der Waals surface area contributed by atoms with Crippen LogP contribution in [0.4, 0.5) is 8.78 Å². The molecule has 0 aliphatic rings. The molecule has 0 radical (unpaired) electrons. The predicted octanol–water partition coefficient (Wildman–Crippen LogP) is 5.76. The summed E-state index contributed by atoms with van der Waals surface area (Å²) < 4.78 is 31.7. The molecule has 0 amide bonds. The maximum absolute atomic E-state index is 13.4. The van der Waals surface area contributed by atoms with Gasteiger partial charge in [-0.3, -0.25) is 0 Å². The fourth-order valence-corrected chi connectivity index (χ4v) is 3.10. The third-order valence-electron chi connectivity index (χ3n) is 2.78. The molecular weight excluding hydrogens is 373 g/mol. The molecule has 0 heterocycles. The Hall–Kier alpha value is -0.840. The summed E-state index contributed by atoms with van der Waals surface area (Å²) in [7, 11) is 1.50. The lowest BCUT2D eigenvalue weighted by molar-refractivity contribution is 0.410. The van der Waals surface area contributed by atoms with E-state index in [1.807, 2.05) is 0 Å². The lowest BCUT2D eigenvalue weighted by Crippen LogP contribution is -2.00. The first kappa shape index (κ1) is 15.5. The molecule has 0 saturated heterocycles. The molecular formula is C14H9BrCl2F2O. The molecule has 2 aromatic carbocycles. The average Bonchev–Trinajstić information content (AvgIpc) is 2.42. The van der Waals surface area contributed by atoms with Gasteiger partial charge in [-0.25, -0.2) is 8.78 Å². The van der Waals surface area contributed by atoms with Crippen LogP contribution >= 0.6 is 39.1 Å². The smallest absolute Gasteiger partial charge is 0.160 e.